The Kier molecular flexibility index (Phi) is 4.31. The van der Waals surface area contributed by atoms with Crippen LogP contribution in [0.5, 0.6) is 0 Å². The van der Waals surface area contributed by atoms with Crippen molar-refractivity contribution in [3.8, 4) is 0 Å². The molecule has 0 nitrogen and oxygen atoms in total. The molecule has 0 N–H and O–H groups in total. The van der Waals surface area contributed by atoms with Crippen molar-refractivity contribution in [1.29, 1.82) is 0 Å². The fourth-order valence-electron chi connectivity index (χ4n) is 0.381. The van der Waals surface area contributed by atoms with Crippen molar-refractivity contribution >= 4 is 11.8 Å². The third-order valence-corrected chi connectivity index (χ3v) is 1.60. The first kappa shape index (κ1) is 7.09. The van der Waals surface area contributed by atoms with Crippen LogP contribution >= 0.6 is 11.8 Å². The van der Waals surface area contributed by atoms with Crippen LogP contribution in [0.4, 0.5) is 0 Å². The number of thioether (sulfide) groups is 1. The van der Waals surface area contributed by atoms with Gasteiger partial charge in [-0.2, -0.15) is 0 Å². The van der Waals surface area contributed by atoms with E-state index in [0.717, 1.165) is 0 Å². The second-order valence-electron chi connectivity index (χ2n) is 1.49. The maximum atomic E-state index is 3.83. The first-order valence-corrected chi connectivity index (χ1v) is 3.75. The molecule has 0 radical (unpaired) electrons. The number of hydrogen-bond donors (Lipinski definition) is 0. The first-order chi connectivity index (χ1) is 3.31. The van der Waals surface area contributed by atoms with Gasteiger partial charge in [0.2, 0.25) is 0 Å². The molecular weight excluding hydrogens is 104 g/mol. The van der Waals surface area contributed by atoms with Crippen LogP contribution in [0.1, 0.15) is 19.8 Å². The number of allylic oxidation sites excluding steroid dienone is 1. The molecule has 1 heteroatoms. The molecule has 42 valence electrons. The summed E-state index contributed by atoms with van der Waals surface area (Å²) in [7, 11) is 0. The fraction of sp³-hybridized carbons (Fsp3) is 0.667. The Balaban J connectivity index is 3.00. The molecule has 0 spiro atoms. The highest BCUT2D eigenvalue weighted by atomic mass is 32.2. The highest BCUT2D eigenvalue weighted by Crippen LogP contribution is 2.13. The Morgan fingerprint density at radius 1 is 1.71 bits per heavy atom. The van der Waals surface area contributed by atoms with Gasteiger partial charge in [0.25, 0.3) is 0 Å². The minimum Gasteiger partial charge on any atom is -0.135 e. The molecule has 0 saturated heterocycles. The number of rotatable bonds is 3. The molecule has 0 aromatic rings. The Labute approximate surface area is 50.0 Å². The third kappa shape index (κ3) is 3.93. The van der Waals surface area contributed by atoms with Crippen LogP contribution < -0.4 is 0 Å². The van der Waals surface area contributed by atoms with Crippen molar-refractivity contribution in [2.45, 2.75) is 19.8 Å². The zero-order valence-corrected chi connectivity index (χ0v) is 5.85. The molecule has 7 heavy (non-hydrogen) atoms. The molecule has 0 aliphatic heterocycles. The highest BCUT2D eigenvalue weighted by molar-refractivity contribution is 8.02. The molecule has 0 unspecified atom stereocenters. The quantitative estimate of drug-likeness (QED) is 0.546. The molecule has 0 fully saturated rings. The van der Waals surface area contributed by atoms with Crippen LogP contribution in [0.2, 0.25) is 0 Å². The van der Waals surface area contributed by atoms with Gasteiger partial charge in [-0.25, -0.2) is 0 Å². The summed E-state index contributed by atoms with van der Waals surface area (Å²) in [4.78, 5) is 1.29. The van der Waals surface area contributed by atoms with Crippen molar-refractivity contribution in [3.63, 3.8) is 0 Å². The molecule has 0 aromatic heterocycles. The van der Waals surface area contributed by atoms with Crippen molar-refractivity contribution in [2.75, 3.05) is 6.26 Å². The van der Waals surface area contributed by atoms with Crippen LogP contribution in [-0.4, -0.2) is 6.26 Å². The van der Waals surface area contributed by atoms with Gasteiger partial charge in [0.05, 0.1) is 0 Å². The smallest absolute Gasteiger partial charge is 0.0140 e. The van der Waals surface area contributed by atoms with E-state index in [1.54, 1.807) is 11.8 Å². The van der Waals surface area contributed by atoms with Gasteiger partial charge in [-0.1, -0.05) is 19.9 Å². The Morgan fingerprint density at radius 3 is 2.43 bits per heavy atom. The molecule has 0 atom stereocenters. The Hall–Kier alpha value is 0.0900. The van der Waals surface area contributed by atoms with E-state index in [0.29, 0.717) is 0 Å². The van der Waals surface area contributed by atoms with Crippen LogP contribution in [0, 0.1) is 0 Å². The summed E-state index contributed by atoms with van der Waals surface area (Å²) < 4.78 is 0. The van der Waals surface area contributed by atoms with Gasteiger partial charge in [-0.15, -0.1) is 11.8 Å². The largest absolute Gasteiger partial charge is 0.135 e. The molecule has 0 bridgehead atoms. The lowest BCUT2D eigenvalue weighted by Gasteiger charge is -1.93. The van der Waals surface area contributed by atoms with Crippen LogP contribution in [-0.2, 0) is 0 Å². The zero-order valence-electron chi connectivity index (χ0n) is 5.03. The van der Waals surface area contributed by atoms with E-state index in [2.05, 4.69) is 19.8 Å². The predicted octanol–water partition coefficient (Wildman–Crippen LogP) is 2.66. The summed E-state index contributed by atoms with van der Waals surface area (Å²) in [5, 5.41) is 0. The lowest BCUT2D eigenvalue weighted by atomic mass is 10.3. The maximum Gasteiger partial charge on any atom is -0.0140 e. The van der Waals surface area contributed by atoms with E-state index in [-0.39, 0.29) is 0 Å². The number of hydrogen-bond acceptors (Lipinski definition) is 1. The van der Waals surface area contributed by atoms with E-state index in [1.165, 1.54) is 17.7 Å². The summed E-state index contributed by atoms with van der Waals surface area (Å²) in [5.74, 6) is 0. The summed E-state index contributed by atoms with van der Waals surface area (Å²) >= 11 is 1.75. The van der Waals surface area contributed by atoms with Gasteiger partial charge in [0.1, 0.15) is 0 Å². The molecule has 0 heterocycles. The van der Waals surface area contributed by atoms with E-state index < -0.39 is 0 Å². The van der Waals surface area contributed by atoms with Crippen molar-refractivity contribution < 1.29 is 0 Å². The fourth-order valence-corrected chi connectivity index (χ4v) is 0.789. The summed E-state index contributed by atoms with van der Waals surface area (Å²) in [6.07, 6.45) is 4.46. The first-order valence-electron chi connectivity index (χ1n) is 2.53. The minimum absolute atomic E-state index is 1.17. The summed E-state index contributed by atoms with van der Waals surface area (Å²) in [6.45, 7) is 5.99. The maximum absolute atomic E-state index is 3.83. The van der Waals surface area contributed by atoms with Crippen molar-refractivity contribution in [2.24, 2.45) is 0 Å². The molecular formula is C6H12S. The molecule has 0 amide bonds. The minimum atomic E-state index is 1.17. The van der Waals surface area contributed by atoms with Gasteiger partial charge in [0, 0.05) is 0 Å². The standard InChI is InChI=1S/C6H12S/c1-4-5-6(2)7-3/h2,4-5H2,1,3H3. The molecule has 0 rings (SSSR count). The molecule has 0 aromatic carbocycles. The predicted molar refractivity (Wildman–Crippen MR) is 37.6 cm³/mol. The van der Waals surface area contributed by atoms with Gasteiger partial charge >= 0.3 is 0 Å². The summed E-state index contributed by atoms with van der Waals surface area (Å²) in [6, 6.07) is 0. The third-order valence-electron chi connectivity index (χ3n) is 0.818. The van der Waals surface area contributed by atoms with Crippen molar-refractivity contribution in [1.82, 2.24) is 0 Å². The van der Waals surface area contributed by atoms with E-state index in [9.17, 15) is 0 Å². The van der Waals surface area contributed by atoms with Gasteiger partial charge in [-0.3, -0.25) is 0 Å². The average Bonchev–Trinajstić information content (AvgIpc) is 1.68. The topological polar surface area (TPSA) is 0 Å². The Morgan fingerprint density at radius 2 is 2.29 bits per heavy atom. The Bertz CT molecular complexity index is 57.2. The highest BCUT2D eigenvalue weighted by Gasteiger charge is 1.84. The van der Waals surface area contributed by atoms with E-state index in [4.69, 9.17) is 0 Å². The summed E-state index contributed by atoms with van der Waals surface area (Å²) in [5.41, 5.74) is 0. The lowest BCUT2D eigenvalue weighted by Crippen LogP contribution is -1.68. The van der Waals surface area contributed by atoms with Gasteiger partial charge < -0.3 is 0 Å². The van der Waals surface area contributed by atoms with Gasteiger partial charge in [-0.05, 0) is 17.6 Å². The van der Waals surface area contributed by atoms with E-state index in [1.807, 2.05) is 0 Å². The van der Waals surface area contributed by atoms with E-state index >= 15 is 0 Å². The molecule has 0 aliphatic carbocycles. The normalized spacial score (nSPS) is 8.86. The SMILES string of the molecule is C=C(CCC)SC. The lowest BCUT2D eigenvalue weighted by molar-refractivity contribution is 0.950. The molecule has 0 saturated carbocycles. The monoisotopic (exact) mass is 116 g/mol. The van der Waals surface area contributed by atoms with Crippen LogP contribution in [0.3, 0.4) is 0 Å². The molecule has 0 aliphatic rings. The second-order valence-corrected chi connectivity index (χ2v) is 2.48. The van der Waals surface area contributed by atoms with Crippen LogP contribution in [0.25, 0.3) is 0 Å². The van der Waals surface area contributed by atoms with Crippen molar-refractivity contribution in [3.05, 3.63) is 11.5 Å². The second kappa shape index (κ2) is 4.25. The van der Waals surface area contributed by atoms with Gasteiger partial charge in [0.15, 0.2) is 0 Å². The van der Waals surface area contributed by atoms with Crippen LogP contribution in [0.15, 0.2) is 11.5 Å². The average molecular weight is 116 g/mol. The zero-order chi connectivity index (χ0) is 5.70.